The van der Waals surface area contributed by atoms with Crippen LogP contribution in [0.2, 0.25) is 0 Å². The third-order valence-corrected chi connectivity index (χ3v) is 2.66. The highest BCUT2D eigenvalue weighted by Gasteiger charge is 2.31. The van der Waals surface area contributed by atoms with Crippen molar-refractivity contribution >= 4 is 24.2 Å². The van der Waals surface area contributed by atoms with Gasteiger partial charge in [-0.1, -0.05) is 6.07 Å². The maximum absolute atomic E-state index is 13.3. The van der Waals surface area contributed by atoms with E-state index < -0.39 is 11.6 Å². The summed E-state index contributed by atoms with van der Waals surface area (Å²) in [5.41, 5.74) is -0.265. The van der Waals surface area contributed by atoms with Gasteiger partial charge < -0.3 is 4.90 Å². The van der Waals surface area contributed by atoms with Crippen LogP contribution in [-0.4, -0.2) is 17.7 Å². The molecule has 1 aromatic rings. The fraction of sp³-hybridized carbons (Fsp3) is 0.300. The summed E-state index contributed by atoms with van der Waals surface area (Å²) in [5.74, 6) is -1.73. The molecule has 0 N–H and O–H groups in total. The number of para-hydroxylation sites is 1. The molecule has 1 aliphatic heterocycles. The maximum atomic E-state index is 13.3. The second-order valence-electron chi connectivity index (χ2n) is 3.43. The summed E-state index contributed by atoms with van der Waals surface area (Å²) in [7, 11) is 0. The van der Waals surface area contributed by atoms with Crippen molar-refractivity contribution in [2.45, 2.75) is 11.7 Å². The zero-order chi connectivity index (χ0) is 11.0. The van der Waals surface area contributed by atoms with E-state index in [9.17, 15) is 13.6 Å². The minimum absolute atomic E-state index is 0.156. The van der Waals surface area contributed by atoms with Crippen molar-refractivity contribution in [2.24, 2.45) is 0 Å². The first-order valence-electron chi connectivity index (χ1n) is 4.52. The smallest absolute Gasteiger partial charge is 0.228 e. The number of amides is 1. The van der Waals surface area contributed by atoms with Gasteiger partial charge in [-0.05, 0) is 12.1 Å². The van der Waals surface area contributed by atoms with Crippen molar-refractivity contribution in [2.75, 3.05) is 11.4 Å². The quantitative estimate of drug-likeness (QED) is 0.730. The first-order valence-corrected chi connectivity index (χ1v) is 5.03. The fourth-order valence-electron chi connectivity index (χ4n) is 1.65. The number of thiol groups is 1. The average Bonchev–Trinajstić information content (AvgIpc) is 2.45. The Morgan fingerprint density at radius 1 is 1.33 bits per heavy atom. The molecule has 0 spiro atoms. The Balaban J connectivity index is 2.41. The van der Waals surface area contributed by atoms with Gasteiger partial charge >= 0.3 is 0 Å². The molecule has 1 fully saturated rings. The Hall–Kier alpha value is -1.10. The Bertz CT molecular complexity index is 390. The molecule has 1 heterocycles. The minimum Gasteiger partial charge on any atom is -0.306 e. The monoisotopic (exact) mass is 229 g/mol. The predicted molar refractivity (Wildman–Crippen MR) is 56.1 cm³/mol. The molecule has 5 heteroatoms. The van der Waals surface area contributed by atoms with Crippen molar-refractivity contribution in [3.8, 4) is 0 Å². The molecule has 1 aromatic carbocycles. The summed E-state index contributed by atoms with van der Waals surface area (Å²) in [6.07, 6.45) is 0.219. The van der Waals surface area contributed by atoms with Gasteiger partial charge in [0.25, 0.3) is 0 Å². The first-order chi connectivity index (χ1) is 7.09. The molecule has 0 bridgehead atoms. The van der Waals surface area contributed by atoms with E-state index in [0.29, 0.717) is 0 Å². The van der Waals surface area contributed by atoms with Gasteiger partial charge in [-0.25, -0.2) is 8.78 Å². The molecule has 1 saturated heterocycles. The van der Waals surface area contributed by atoms with E-state index in [1.807, 2.05) is 0 Å². The van der Waals surface area contributed by atoms with E-state index in [2.05, 4.69) is 12.6 Å². The van der Waals surface area contributed by atoms with Gasteiger partial charge in [0.2, 0.25) is 5.91 Å². The lowest BCUT2D eigenvalue weighted by Gasteiger charge is -2.17. The Kier molecular flexibility index (Phi) is 2.65. The number of carbonyl (C=O) groups excluding carboxylic acids is 1. The highest BCUT2D eigenvalue weighted by atomic mass is 32.1. The topological polar surface area (TPSA) is 20.3 Å². The molecule has 15 heavy (non-hydrogen) atoms. The van der Waals surface area contributed by atoms with Crippen LogP contribution in [0.15, 0.2) is 18.2 Å². The minimum atomic E-state index is -0.717. The third kappa shape index (κ3) is 1.84. The van der Waals surface area contributed by atoms with Gasteiger partial charge in [-0.15, -0.1) is 0 Å². The Labute approximate surface area is 91.3 Å². The SMILES string of the molecule is O=C1CC(S)CN1c1c(F)cccc1F. The molecule has 0 radical (unpaired) electrons. The summed E-state index contributed by atoms with van der Waals surface area (Å²) >= 11 is 4.12. The standard InChI is InChI=1S/C10H9F2NOS/c11-7-2-1-3-8(12)10(7)13-5-6(15)4-9(13)14/h1-3,6,15H,4-5H2. The van der Waals surface area contributed by atoms with Gasteiger partial charge in [-0.3, -0.25) is 4.79 Å². The molecule has 0 saturated carbocycles. The zero-order valence-corrected chi connectivity index (χ0v) is 8.68. The van der Waals surface area contributed by atoms with E-state index in [1.54, 1.807) is 0 Å². The molecule has 2 rings (SSSR count). The molecule has 2 nitrogen and oxygen atoms in total. The molecular formula is C10H9F2NOS. The number of hydrogen-bond acceptors (Lipinski definition) is 2. The molecule has 1 aliphatic rings. The lowest BCUT2D eigenvalue weighted by molar-refractivity contribution is -0.117. The van der Waals surface area contributed by atoms with Crippen LogP contribution in [0.1, 0.15) is 6.42 Å². The number of anilines is 1. The predicted octanol–water partition coefficient (Wildman–Crippen LogP) is 2.00. The fourth-order valence-corrected chi connectivity index (χ4v) is 1.97. The van der Waals surface area contributed by atoms with Gasteiger partial charge in [0.05, 0.1) is 0 Å². The third-order valence-electron chi connectivity index (χ3n) is 2.31. The van der Waals surface area contributed by atoms with Crippen LogP contribution >= 0.6 is 12.6 Å². The van der Waals surface area contributed by atoms with Crippen molar-refractivity contribution in [1.29, 1.82) is 0 Å². The number of carbonyl (C=O) groups is 1. The van der Waals surface area contributed by atoms with Gasteiger partial charge in [0.1, 0.15) is 17.3 Å². The lowest BCUT2D eigenvalue weighted by atomic mass is 10.2. The number of nitrogens with zero attached hydrogens (tertiary/aromatic N) is 1. The van der Waals surface area contributed by atoms with E-state index >= 15 is 0 Å². The second kappa shape index (κ2) is 3.81. The van der Waals surface area contributed by atoms with E-state index in [1.165, 1.54) is 6.07 Å². The summed E-state index contributed by atoms with van der Waals surface area (Å²) in [6.45, 7) is 0.250. The number of rotatable bonds is 1. The van der Waals surface area contributed by atoms with Crippen LogP contribution < -0.4 is 4.90 Å². The van der Waals surface area contributed by atoms with Crippen LogP contribution in [0.25, 0.3) is 0 Å². The molecule has 1 amide bonds. The molecule has 1 unspecified atom stereocenters. The number of hydrogen-bond donors (Lipinski definition) is 1. The van der Waals surface area contributed by atoms with Crippen LogP contribution in [-0.2, 0) is 4.79 Å². The van der Waals surface area contributed by atoms with E-state index in [-0.39, 0.29) is 29.8 Å². The van der Waals surface area contributed by atoms with Crippen LogP contribution in [0.4, 0.5) is 14.5 Å². The maximum Gasteiger partial charge on any atom is 0.228 e. The Morgan fingerprint density at radius 2 is 1.93 bits per heavy atom. The Morgan fingerprint density at radius 3 is 2.40 bits per heavy atom. The largest absolute Gasteiger partial charge is 0.306 e. The molecule has 1 atom stereocenters. The number of benzene rings is 1. The van der Waals surface area contributed by atoms with E-state index in [4.69, 9.17) is 0 Å². The second-order valence-corrected chi connectivity index (χ2v) is 4.16. The van der Waals surface area contributed by atoms with Gasteiger partial charge in [0.15, 0.2) is 0 Å². The van der Waals surface area contributed by atoms with Crippen molar-refractivity contribution < 1.29 is 13.6 Å². The summed E-state index contributed by atoms with van der Waals surface area (Å²) in [5, 5.41) is -0.156. The summed E-state index contributed by atoms with van der Waals surface area (Å²) < 4.78 is 26.7. The van der Waals surface area contributed by atoms with Crippen molar-refractivity contribution in [3.63, 3.8) is 0 Å². The highest BCUT2D eigenvalue weighted by molar-refractivity contribution is 7.81. The summed E-state index contributed by atoms with van der Waals surface area (Å²) in [6, 6.07) is 3.54. The summed E-state index contributed by atoms with van der Waals surface area (Å²) in [4.78, 5) is 12.5. The molecule has 0 aliphatic carbocycles. The van der Waals surface area contributed by atoms with Crippen LogP contribution in [0.3, 0.4) is 0 Å². The highest BCUT2D eigenvalue weighted by Crippen LogP contribution is 2.28. The molecule has 0 aromatic heterocycles. The first kappa shape index (κ1) is 10.4. The molecule has 80 valence electrons. The van der Waals surface area contributed by atoms with Gasteiger partial charge in [0, 0.05) is 18.2 Å². The average molecular weight is 229 g/mol. The normalized spacial score (nSPS) is 21.1. The zero-order valence-electron chi connectivity index (χ0n) is 7.78. The van der Waals surface area contributed by atoms with E-state index in [0.717, 1.165) is 17.0 Å². The van der Waals surface area contributed by atoms with Crippen LogP contribution in [0, 0.1) is 11.6 Å². The number of halogens is 2. The molecular weight excluding hydrogens is 220 g/mol. The van der Waals surface area contributed by atoms with Crippen LogP contribution in [0.5, 0.6) is 0 Å². The van der Waals surface area contributed by atoms with Crippen molar-refractivity contribution in [1.82, 2.24) is 0 Å². The van der Waals surface area contributed by atoms with Crippen molar-refractivity contribution in [3.05, 3.63) is 29.8 Å². The van der Waals surface area contributed by atoms with Gasteiger partial charge in [-0.2, -0.15) is 12.6 Å². The lowest BCUT2D eigenvalue weighted by Crippen LogP contribution is -2.26.